The maximum atomic E-state index is 12.7. The van der Waals surface area contributed by atoms with Crippen LogP contribution in [0.3, 0.4) is 0 Å². The van der Waals surface area contributed by atoms with Gasteiger partial charge in [-0.15, -0.1) is 0 Å². The van der Waals surface area contributed by atoms with Crippen LogP contribution in [0.1, 0.15) is 35.2 Å². The van der Waals surface area contributed by atoms with Gasteiger partial charge in [-0.1, -0.05) is 28.1 Å². The third-order valence-electron chi connectivity index (χ3n) is 5.37. The number of rotatable bonds is 3. The van der Waals surface area contributed by atoms with Gasteiger partial charge < -0.3 is 15.1 Å². The van der Waals surface area contributed by atoms with Gasteiger partial charge in [0.1, 0.15) is 6.04 Å². The lowest BCUT2D eigenvalue weighted by Gasteiger charge is -2.44. The molecule has 1 saturated heterocycles. The topological polar surface area (TPSA) is 52.7 Å². The van der Waals surface area contributed by atoms with Crippen molar-refractivity contribution in [1.82, 2.24) is 5.32 Å². The van der Waals surface area contributed by atoms with E-state index in [2.05, 4.69) is 26.1 Å². The fourth-order valence-electron chi connectivity index (χ4n) is 3.93. The normalized spacial score (nSPS) is 18.7. The Morgan fingerprint density at radius 2 is 2.04 bits per heavy atom. The molecule has 1 fully saturated rings. The molecule has 2 aliphatic heterocycles. The van der Waals surface area contributed by atoms with Gasteiger partial charge in [-0.2, -0.15) is 0 Å². The molecule has 27 heavy (non-hydrogen) atoms. The highest BCUT2D eigenvalue weighted by Crippen LogP contribution is 2.39. The standard InChI is InChI=1S/C21H22BrN3O2/c1-24-19-12-15(20(26)23-13-14-5-4-6-16(22)11-14)8-9-17(19)25-10-3-2-7-18(25)21(24)27/h4-6,8-9,11-12,18H,2-3,7,10,13H2,1H3,(H,23,26)/t18-/m0/s1. The minimum atomic E-state index is -0.139. The summed E-state index contributed by atoms with van der Waals surface area (Å²) in [6.07, 6.45) is 3.09. The van der Waals surface area contributed by atoms with Gasteiger partial charge in [0.15, 0.2) is 0 Å². The predicted octanol–water partition coefficient (Wildman–Crippen LogP) is 3.71. The molecule has 0 radical (unpaired) electrons. The third kappa shape index (κ3) is 3.46. The zero-order valence-electron chi connectivity index (χ0n) is 15.2. The van der Waals surface area contributed by atoms with Gasteiger partial charge in [-0.05, 0) is 55.2 Å². The van der Waals surface area contributed by atoms with Crippen LogP contribution < -0.4 is 15.1 Å². The van der Waals surface area contributed by atoms with Gasteiger partial charge in [0.05, 0.1) is 11.4 Å². The van der Waals surface area contributed by atoms with Crippen LogP contribution in [0.15, 0.2) is 46.9 Å². The zero-order chi connectivity index (χ0) is 19.0. The Bertz CT molecular complexity index is 899. The van der Waals surface area contributed by atoms with Gasteiger partial charge in [0, 0.05) is 30.2 Å². The fourth-order valence-corrected chi connectivity index (χ4v) is 4.37. The number of likely N-dealkylation sites (N-methyl/N-ethyl adjacent to an activating group) is 1. The summed E-state index contributed by atoms with van der Waals surface area (Å²) >= 11 is 3.44. The number of fused-ring (bicyclic) bond motifs is 3. The monoisotopic (exact) mass is 427 g/mol. The molecule has 2 aliphatic rings. The number of nitrogens with zero attached hydrogens (tertiary/aromatic N) is 2. The summed E-state index contributed by atoms with van der Waals surface area (Å²) in [4.78, 5) is 29.2. The van der Waals surface area contributed by atoms with Crippen molar-refractivity contribution in [2.75, 3.05) is 23.4 Å². The molecule has 0 spiro atoms. The molecule has 0 aromatic heterocycles. The minimum Gasteiger partial charge on any atom is -0.358 e. The summed E-state index contributed by atoms with van der Waals surface area (Å²) in [5.41, 5.74) is 3.46. The average Bonchev–Trinajstić information content (AvgIpc) is 2.70. The Morgan fingerprint density at radius 3 is 2.85 bits per heavy atom. The molecule has 6 heteroatoms. The van der Waals surface area contributed by atoms with Gasteiger partial charge >= 0.3 is 0 Å². The van der Waals surface area contributed by atoms with E-state index >= 15 is 0 Å². The number of piperidine rings is 1. The highest BCUT2D eigenvalue weighted by molar-refractivity contribution is 9.10. The van der Waals surface area contributed by atoms with Gasteiger partial charge in [-0.3, -0.25) is 9.59 Å². The summed E-state index contributed by atoms with van der Waals surface area (Å²) in [6, 6.07) is 13.4. The van der Waals surface area contributed by atoms with Gasteiger partial charge in [-0.25, -0.2) is 0 Å². The van der Waals surface area contributed by atoms with Gasteiger partial charge in [0.2, 0.25) is 5.91 Å². The first kappa shape index (κ1) is 18.0. The molecule has 4 rings (SSSR count). The molecule has 2 amide bonds. The maximum Gasteiger partial charge on any atom is 0.251 e. The summed E-state index contributed by atoms with van der Waals surface area (Å²) in [5.74, 6) is -0.0201. The van der Waals surface area contributed by atoms with Crippen LogP contribution in [0.5, 0.6) is 0 Å². The van der Waals surface area contributed by atoms with Crippen LogP contribution in [-0.2, 0) is 11.3 Å². The average molecular weight is 428 g/mol. The Labute approximate surface area is 167 Å². The number of hydrogen-bond donors (Lipinski definition) is 1. The highest BCUT2D eigenvalue weighted by atomic mass is 79.9. The van der Waals surface area contributed by atoms with Crippen LogP contribution in [0.2, 0.25) is 0 Å². The lowest BCUT2D eigenvalue weighted by atomic mass is 9.96. The van der Waals surface area contributed by atoms with Crippen LogP contribution in [0.25, 0.3) is 0 Å². The Morgan fingerprint density at radius 1 is 1.19 bits per heavy atom. The Hall–Kier alpha value is -2.34. The highest BCUT2D eigenvalue weighted by Gasteiger charge is 2.37. The number of carbonyl (C=O) groups excluding carboxylic acids is 2. The second kappa shape index (κ2) is 7.35. The van der Waals surface area contributed by atoms with E-state index in [0.717, 1.165) is 47.2 Å². The number of halogens is 1. The second-order valence-electron chi connectivity index (χ2n) is 7.12. The van der Waals surface area contributed by atoms with E-state index < -0.39 is 0 Å². The van der Waals surface area contributed by atoms with E-state index in [1.165, 1.54) is 0 Å². The largest absolute Gasteiger partial charge is 0.358 e. The number of amides is 2. The molecule has 0 unspecified atom stereocenters. The number of nitrogens with one attached hydrogen (secondary N) is 1. The van der Waals surface area contributed by atoms with E-state index in [0.29, 0.717) is 12.1 Å². The minimum absolute atomic E-state index is 0.0625. The molecular formula is C21H22BrN3O2. The SMILES string of the molecule is CN1C(=O)[C@@H]2CCCCN2c2ccc(C(=O)NCc3cccc(Br)c3)cc21. The lowest BCUT2D eigenvalue weighted by Crippen LogP contribution is -2.54. The molecule has 0 bridgehead atoms. The summed E-state index contributed by atoms with van der Waals surface area (Å²) in [7, 11) is 1.80. The second-order valence-corrected chi connectivity index (χ2v) is 8.03. The van der Waals surface area contributed by atoms with Crippen molar-refractivity contribution >= 4 is 39.1 Å². The lowest BCUT2D eigenvalue weighted by molar-refractivity contribution is -0.120. The first-order chi connectivity index (χ1) is 13.0. The van der Waals surface area contributed by atoms with Crippen molar-refractivity contribution in [3.8, 4) is 0 Å². The molecule has 2 aromatic rings. The summed E-state index contributed by atoms with van der Waals surface area (Å²) < 4.78 is 0.985. The van der Waals surface area contributed by atoms with E-state index in [4.69, 9.17) is 0 Å². The number of hydrogen-bond acceptors (Lipinski definition) is 3. The Balaban J connectivity index is 1.55. The summed E-state index contributed by atoms with van der Waals surface area (Å²) in [6.45, 7) is 1.35. The first-order valence-corrected chi connectivity index (χ1v) is 10.0. The molecule has 5 nitrogen and oxygen atoms in total. The molecule has 2 heterocycles. The zero-order valence-corrected chi connectivity index (χ0v) is 16.8. The van der Waals surface area contributed by atoms with Crippen LogP contribution in [0.4, 0.5) is 11.4 Å². The molecule has 1 N–H and O–H groups in total. The van der Waals surface area contributed by atoms with E-state index in [9.17, 15) is 9.59 Å². The van der Waals surface area contributed by atoms with Crippen molar-refractivity contribution in [3.05, 3.63) is 58.1 Å². The van der Waals surface area contributed by atoms with Crippen LogP contribution >= 0.6 is 15.9 Å². The van der Waals surface area contributed by atoms with E-state index in [1.54, 1.807) is 11.9 Å². The quantitative estimate of drug-likeness (QED) is 0.811. The van der Waals surface area contributed by atoms with E-state index in [1.807, 2.05) is 42.5 Å². The molecule has 0 saturated carbocycles. The summed E-state index contributed by atoms with van der Waals surface area (Å²) in [5, 5.41) is 2.95. The van der Waals surface area contributed by atoms with E-state index in [-0.39, 0.29) is 17.9 Å². The van der Waals surface area contributed by atoms with Crippen molar-refractivity contribution in [2.24, 2.45) is 0 Å². The fraction of sp³-hybridized carbons (Fsp3) is 0.333. The van der Waals surface area contributed by atoms with Crippen LogP contribution in [0, 0.1) is 0 Å². The molecule has 0 aliphatic carbocycles. The van der Waals surface area contributed by atoms with Crippen molar-refractivity contribution in [3.63, 3.8) is 0 Å². The molecule has 140 valence electrons. The van der Waals surface area contributed by atoms with Crippen molar-refractivity contribution in [1.29, 1.82) is 0 Å². The molecular weight excluding hydrogens is 406 g/mol. The van der Waals surface area contributed by atoms with Crippen molar-refractivity contribution in [2.45, 2.75) is 31.8 Å². The number of benzene rings is 2. The Kier molecular flexibility index (Phi) is 4.91. The van der Waals surface area contributed by atoms with Crippen LogP contribution in [-0.4, -0.2) is 31.4 Å². The number of carbonyl (C=O) groups is 2. The smallest absolute Gasteiger partial charge is 0.251 e. The first-order valence-electron chi connectivity index (χ1n) is 9.25. The van der Waals surface area contributed by atoms with Gasteiger partial charge in [0.25, 0.3) is 5.91 Å². The predicted molar refractivity (Wildman–Crippen MR) is 110 cm³/mol. The van der Waals surface area contributed by atoms with Crippen molar-refractivity contribution < 1.29 is 9.59 Å². The molecule has 1 atom stereocenters. The maximum absolute atomic E-state index is 12.7. The molecule has 2 aromatic carbocycles. The third-order valence-corrected chi connectivity index (χ3v) is 5.86. The number of anilines is 2.